The van der Waals surface area contributed by atoms with Crippen LogP contribution in [0.5, 0.6) is 0 Å². The lowest BCUT2D eigenvalue weighted by Gasteiger charge is -2.68. The maximum atomic E-state index is 12.0. The molecule has 9 heavy (non-hydrogen) atoms. The molecule has 3 aliphatic rings. The van der Waals surface area contributed by atoms with Crippen LogP contribution in [0.1, 0.15) is 19.3 Å². The molecule has 3 heteroatoms. The quantitative estimate of drug-likeness (QED) is 0.600. The molecule has 3 rings (SSSR count). The molecule has 0 heterocycles. The zero-order valence-electron chi connectivity index (χ0n) is 5.19. The number of halogens is 2. The first-order valence-corrected chi connectivity index (χ1v) is 3.03. The van der Waals surface area contributed by atoms with Crippen LogP contribution in [0, 0.1) is 5.41 Å². The first kappa shape index (κ1) is 7.29. The SMILES string of the molecule is Cl.NC12CC(CF)(C1)C2. The van der Waals surface area contributed by atoms with Gasteiger partial charge >= 0.3 is 0 Å². The lowest BCUT2D eigenvalue weighted by Crippen LogP contribution is -2.72. The van der Waals surface area contributed by atoms with Gasteiger partial charge in [-0.2, -0.15) is 0 Å². The third kappa shape index (κ3) is 0.696. The van der Waals surface area contributed by atoms with Gasteiger partial charge in [-0.3, -0.25) is 4.39 Å². The minimum absolute atomic E-state index is 0. The van der Waals surface area contributed by atoms with Crippen LogP contribution in [0.4, 0.5) is 4.39 Å². The van der Waals surface area contributed by atoms with E-state index >= 15 is 0 Å². The van der Waals surface area contributed by atoms with Crippen molar-refractivity contribution in [3.63, 3.8) is 0 Å². The maximum absolute atomic E-state index is 12.0. The van der Waals surface area contributed by atoms with Gasteiger partial charge in [0, 0.05) is 11.0 Å². The predicted molar refractivity (Wildman–Crippen MR) is 36.4 cm³/mol. The Morgan fingerprint density at radius 3 is 1.89 bits per heavy atom. The molecule has 0 radical (unpaired) electrons. The maximum Gasteiger partial charge on any atom is 0.0952 e. The Balaban J connectivity index is 0.000000405. The highest BCUT2D eigenvalue weighted by atomic mass is 35.5. The number of hydrogen-bond donors (Lipinski definition) is 1. The fourth-order valence-corrected chi connectivity index (χ4v) is 2.23. The third-order valence-electron chi connectivity index (χ3n) is 2.46. The third-order valence-corrected chi connectivity index (χ3v) is 2.46. The molecule has 0 aromatic rings. The van der Waals surface area contributed by atoms with Gasteiger partial charge in [0.2, 0.25) is 0 Å². The molecule has 3 fully saturated rings. The van der Waals surface area contributed by atoms with E-state index < -0.39 is 0 Å². The molecule has 3 aliphatic carbocycles. The molecule has 0 saturated heterocycles. The van der Waals surface area contributed by atoms with Gasteiger partial charge in [0.1, 0.15) is 0 Å². The van der Waals surface area contributed by atoms with Gasteiger partial charge in [-0.15, -0.1) is 12.4 Å². The summed E-state index contributed by atoms with van der Waals surface area (Å²) in [7, 11) is 0. The molecule has 54 valence electrons. The standard InChI is InChI=1S/C6H10FN.ClH/c7-4-5-1-6(8,2-5)3-5;/h1-4,8H2;1H. The summed E-state index contributed by atoms with van der Waals surface area (Å²) in [5, 5.41) is 0. The van der Waals surface area contributed by atoms with Crippen molar-refractivity contribution < 1.29 is 4.39 Å². The van der Waals surface area contributed by atoms with Crippen molar-refractivity contribution in [3.8, 4) is 0 Å². The van der Waals surface area contributed by atoms with Crippen molar-refractivity contribution in [2.45, 2.75) is 24.8 Å². The Hall–Kier alpha value is 0.180. The fourth-order valence-electron chi connectivity index (χ4n) is 2.23. The normalized spacial score (nSPS) is 52.7. The molecular formula is C6H11ClFN. The molecule has 0 aliphatic heterocycles. The van der Waals surface area contributed by atoms with Gasteiger partial charge in [0.05, 0.1) is 6.67 Å². The number of nitrogens with two attached hydrogens (primary N) is 1. The van der Waals surface area contributed by atoms with E-state index in [0.29, 0.717) is 0 Å². The Morgan fingerprint density at radius 1 is 1.33 bits per heavy atom. The van der Waals surface area contributed by atoms with Gasteiger partial charge in [0.15, 0.2) is 0 Å². The highest BCUT2D eigenvalue weighted by Gasteiger charge is 2.65. The molecule has 0 amide bonds. The van der Waals surface area contributed by atoms with E-state index in [1.54, 1.807) is 0 Å². The van der Waals surface area contributed by atoms with E-state index in [2.05, 4.69) is 0 Å². The summed E-state index contributed by atoms with van der Waals surface area (Å²) in [5.74, 6) is 0. The average Bonchev–Trinajstić information content (AvgIpc) is 1.55. The summed E-state index contributed by atoms with van der Waals surface area (Å²) in [6, 6.07) is 0. The highest BCUT2D eigenvalue weighted by molar-refractivity contribution is 5.85. The largest absolute Gasteiger partial charge is 0.325 e. The minimum Gasteiger partial charge on any atom is -0.325 e. The van der Waals surface area contributed by atoms with Gasteiger partial charge in [-0.1, -0.05) is 0 Å². The molecule has 1 nitrogen and oxygen atoms in total. The second kappa shape index (κ2) is 1.61. The van der Waals surface area contributed by atoms with Crippen LogP contribution < -0.4 is 5.73 Å². The second-order valence-corrected chi connectivity index (χ2v) is 3.53. The minimum atomic E-state index is -0.147. The van der Waals surface area contributed by atoms with Crippen molar-refractivity contribution in [1.29, 1.82) is 0 Å². The van der Waals surface area contributed by atoms with Crippen LogP contribution in [0.25, 0.3) is 0 Å². The lowest BCUT2D eigenvalue weighted by atomic mass is 9.40. The van der Waals surface area contributed by atoms with Gasteiger partial charge in [-0.25, -0.2) is 0 Å². The Bertz CT molecular complexity index is 117. The molecule has 0 aromatic carbocycles. The molecule has 0 spiro atoms. The van der Waals surface area contributed by atoms with E-state index in [1.165, 1.54) is 0 Å². The second-order valence-electron chi connectivity index (χ2n) is 3.53. The number of hydrogen-bond acceptors (Lipinski definition) is 1. The monoisotopic (exact) mass is 151 g/mol. The van der Waals surface area contributed by atoms with Crippen LogP contribution in [-0.2, 0) is 0 Å². The lowest BCUT2D eigenvalue weighted by molar-refractivity contribution is -0.143. The zero-order chi connectivity index (χ0) is 5.83. The van der Waals surface area contributed by atoms with E-state index in [-0.39, 0.29) is 30.0 Å². The number of rotatable bonds is 1. The average molecular weight is 152 g/mol. The van der Waals surface area contributed by atoms with Gasteiger partial charge in [0.25, 0.3) is 0 Å². The molecule has 0 unspecified atom stereocenters. The smallest absolute Gasteiger partial charge is 0.0952 e. The first-order valence-electron chi connectivity index (χ1n) is 3.03. The first-order chi connectivity index (χ1) is 3.68. The molecule has 0 atom stereocenters. The summed E-state index contributed by atoms with van der Waals surface area (Å²) in [6.45, 7) is -0.147. The topological polar surface area (TPSA) is 26.0 Å². The van der Waals surface area contributed by atoms with Crippen molar-refractivity contribution in [2.75, 3.05) is 6.67 Å². The Labute approximate surface area is 60.2 Å². The van der Waals surface area contributed by atoms with Crippen LogP contribution in [0.15, 0.2) is 0 Å². The molecule has 0 aromatic heterocycles. The molecule has 2 N–H and O–H groups in total. The van der Waals surface area contributed by atoms with E-state index in [4.69, 9.17) is 5.73 Å². The summed E-state index contributed by atoms with van der Waals surface area (Å²) in [4.78, 5) is 0. The van der Waals surface area contributed by atoms with E-state index in [1.807, 2.05) is 0 Å². The highest BCUT2D eigenvalue weighted by Crippen LogP contribution is 2.65. The van der Waals surface area contributed by atoms with Crippen molar-refractivity contribution in [2.24, 2.45) is 11.1 Å². The van der Waals surface area contributed by atoms with Crippen molar-refractivity contribution in [3.05, 3.63) is 0 Å². The van der Waals surface area contributed by atoms with Crippen LogP contribution in [-0.4, -0.2) is 12.2 Å². The number of alkyl halides is 1. The predicted octanol–water partition coefficient (Wildman–Crippen LogP) is 1.26. The molecule has 2 bridgehead atoms. The van der Waals surface area contributed by atoms with Crippen LogP contribution in [0.2, 0.25) is 0 Å². The molecular weight excluding hydrogens is 141 g/mol. The Morgan fingerprint density at radius 2 is 1.78 bits per heavy atom. The van der Waals surface area contributed by atoms with Gasteiger partial charge < -0.3 is 5.73 Å². The zero-order valence-corrected chi connectivity index (χ0v) is 6.01. The van der Waals surface area contributed by atoms with Crippen LogP contribution in [0.3, 0.4) is 0 Å². The van der Waals surface area contributed by atoms with Crippen molar-refractivity contribution in [1.82, 2.24) is 0 Å². The van der Waals surface area contributed by atoms with E-state index in [0.717, 1.165) is 19.3 Å². The van der Waals surface area contributed by atoms with Crippen molar-refractivity contribution >= 4 is 12.4 Å². The Kier molecular flexibility index (Phi) is 1.30. The van der Waals surface area contributed by atoms with E-state index in [9.17, 15) is 4.39 Å². The molecule has 3 saturated carbocycles. The van der Waals surface area contributed by atoms with Gasteiger partial charge in [-0.05, 0) is 19.3 Å². The summed E-state index contributed by atoms with van der Waals surface area (Å²) in [6.07, 6.45) is 2.82. The summed E-state index contributed by atoms with van der Waals surface area (Å²) < 4.78 is 12.0. The van der Waals surface area contributed by atoms with Crippen LogP contribution >= 0.6 is 12.4 Å². The summed E-state index contributed by atoms with van der Waals surface area (Å²) in [5.41, 5.74) is 5.85. The fraction of sp³-hybridized carbons (Fsp3) is 1.00. The summed E-state index contributed by atoms with van der Waals surface area (Å²) >= 11 is 0.